The molecule has 0 unspecified atom stereocenters. The zero-order chi connectivity index (χ0) is 11.7. The first kappa shape index (κ1) is 11.5. The molecule has 0 bridgehead atoms. The molecule has 0 amide bonds. The van der Waals surface area contributed by atoms with E-state index in [1.165, 1.54) is 41.4 Å². The molecule has 1 N–H and O–H groups in total. The van der Waals surface area contributed by atoms with Crippen molar-refractivity contribution in [2.24, 2.45) is 0 Å². The highest BCUT2D eigenvalue weighted by molar-refractivity contribution is 7.16. The van der Waals surface area contributed by atoms with Gasteiger partial charge in [0.15, 0.2) is 0 Å². The standard InChI is InChI=1S/C13H21N3S/c1-10-13(16-8-6-14-7-9-16)17-12(15-10)11-4-2-3-5-11/h11,14H,2-9H2,1H3. The molecule has 0 atom stereocenters. The van der Waals surface area contributed by atoms with Gasteiger partial charge in [0.05, 0.1) is 10.7 Å². The monoisotopic (exact) mass is 251 g/mol. The van der Waals surface area contributed by atoms with Gasteiger partial charge in [-0.2, -0.15) is 0 Å². The molecule has 0 radical (unpaired) electrons. The van der Waals surface area contributed by atoms with Crippen LogP contribution in [0.15, 0.2) is 0 Å². The third-order valence-electron chi connectivity index (χ3n) is 3.90. The van der Waals surface area contributed by atoms with Crippen LogP contribution < -0.4 is 10.2 Å². The fourth-order valence-electron chi connectivity index (χ4n) is 2.92. The lowest BCUT2D eigenvalue weighted by Crippen LogP contribution is -2.43. The highest BCUT2D eigenvalue weighted by Crippen LogP contribution is 2.39. The van der Waals surface area contributed by atoms with Crippen LogP contribution in [0.25, 0.3) is 0 Å². The van der Waals surface area contributed by atoms with Crippen molar-refractivity contribution in [1.29, 1.82) is 0 Å². The number of nitrogens with zero attached hydrogens (tertiary/aromatic N) is 2. The van der Waals surface area contributed by atoms with Gasteiger partial charge in [-0.3, -0.25) is 0 Å². The third-order valence-corrected chi connectivity index (χ3v) is 5.28. The topological polar surface area (TPSA) is 28.2 Å². The second kappa shape index (κ2) is 4.94. The smallest absolute Gasteiger partial charge is 0.114 e. The minimum absolute atomic E-state index is 0.760. The largest absolute Gasteiger partial charge is 0.359 e. The van der Waals surface area contributed by atoms with Crippen LogP contribution in [0.5, 0.6) is 0 Å². The molecule has 3 rings (SSSR count). The summed E-state index contributed by atoms with van der Waals surface area (Å²) in [4.78, 5) is 7.33. The second-order valence-corrected chi connectivity index (χ2v) is 6.17. The van der Waals surface area contributed by atoms with E-state index in [0.29, 0.717) is 0 Å². The van der Waals surface area contributed by atoms with Gasteiger partial charge in [-0.25, -0.2) is 4.98 Å². The lowest BCUT2D eigenvalue weighted by molar-refractivity contribution is 0.591. The van der Waals surface area contributed by atoms with E-state index < -0.39 is 0 Å². The summed E-state index contributed by atoms with van der Waals surface area (Å²) in [6, 6.07) is 0. The molecule has 4 heteroatoms. The Morgan fingerprint density at radius 3 is 2.65 bits per heavy atom. The molecule has 1 aliphatic heterocycles. The first-order valence-electron chi connectivity index (χ1n) is 6.77. The van der Waals surface area contributed by atoms with Crippen LogP contribution in [0.2, 0.25) is 0 Å². The summed E-state index contributed by atoms with van der Waals surface area (Å²) in [5.41, 5.74) is 1.25. The van der Waals surface area contributed by atoms with E-state index in [-0.39, 0.29) is 0 Å². The fourth-order valence-corrected chi connectivity index (χ4v) is 4.21. The summed E-state index contributed by atoms with van der Waals surface area (Å²) in [6.45, 7) is 6.65. The van der Waals surface area contributed by atoms with Gasteiger partial charge in [0.25, 0.3) is 0 Å². The van der Waals surface area contributed by atoms with Crippen LogP contribution in [0.1, 0.15) is 42.3 Å². The van der Waals surface area contributed by atoms with E-state index in [2.05, 4.69) is 17.1 Å². The Morgan fingerprint density at radius 1 is 1.24 bits per heavy atom. The minimum atomic E-state index is 0.760. The molecule has 1 saturated heterocycles. The molecular formula is C13H21N3S. The quantitative estimate of drug-likeness (QED) is 0.875. The van der Waals surface area contributed by atoms with Gasteiger partial charge >= 0.3 is 0 Å². The van der Waals surface area contributed by atoms with Crippen LogP contribution in [0, 0.1) is 6.92 Å². The predicted molar refractivity (Wildman–Crippen MR) is 73.1 cm³/mol. The summed E-state index contributed by atoms with van der Waals surface area (Å²) in [7, 11) is 0. The number of anilines is 1. The normalized spacial score (nSPS) is 22.3. The summed E-state index contributed by atoms with van der Waals surface area (Å²) in [5.74, 6) is 0.760. The van der Waals surface area contributed by atoms with E-state index in [0.717, 1.165) is 32.1 Å². The first-order valence-corrected chi connectivity index (χ1v) is 7.59. The summed E-state index contributed by atoms with van der Waals surface area (Å²) in [6.07, 6.45) is 5.50. The molecule has 17 heavy (non-hydrogen) atoms. The molecule has 1 aromatic heterocycles. The Bertz CT molecular complexity index is 376. The molecule has 1 aromatic rings. The lowest BCUT2D eigenvalue weighted by atomic mass is 10.1. The van der Waals surface area contributed by atoms with Gasteiger partial charge in [0.2, 0.25) is 0 Å². The Hall–Kier alpha value is -0.610. The van der Waals surface area contributed by atoms with E-state index in [1.807, 2.05) is 11.3 Å². The second-order valence-electron chi connectivity index (χ2n) is 5.16. The van der Waals surface area contributed by atoms with Gasteiger partial charge < -0.3 is 10.2 Å². The van der Waals surface area contributed by atoms with Crippen LogP contribution >= 0.6 is 11.3 Å². The number of hydrogen-bond donors (Lipinski definition) is 1. The van der Waals surface area contributed by atoms with Crippen LogP contribution in [0.3, 0.4) is 0 Å². The van der Waals surface area contributed by atoms with Crippen molar-refractivity contribution >= 4 is 16.3 Å². The molecule has 1 saturated carbocycles. The molecule has 1 aliphatic carbocycles. The minimum Gasteiger partial charge on any atom is -0.359 e. The van der Waals surface area contributed by atoms with Crippen molar-refractivity contribution in [2.75, 3.05) is 31.1 Å². The van der Waals surface area contributed by atoms with Gasteiger partial charge in [0, 0.05) is 32.1 Å². The SMILES string of the molecule is Cc1nc(C2CCCC2)sc1N1CCNCC1. The Kier molecular flexibility index (Phi) is 3.34. The Balaban J connectivity index is 1.79. The van der Waals surface area contributed by atoms with E-state index in [4.69, 9.17) is 4.98 Å². The number of piperazine rings is 1. The third kappa shape index (κ3) is 2.33. The average Bonchev–Trinajstić information content (AvgIpc) is 2.99. The van der Waals surface area contributed by atoms with Crippen molar-refractivity contribution in [3.05, 3.63) is 10.7 Å². The number of nitrogens with one attached hydrogen (secondary N) is 1. The van der Waals surface area contributed by atoms with Crippen molar-refractivity contribution in [3.63, 3.8) is 0 Å². The average molecular weight is 251 g/mol. The lowest BCUT2D eigenvalue weighted by Gasteiger charge is -2.28. The highest BCUT2D eigenvalue weighted by Gasteiger charge is 2.23. The molecule has 3 nitrogen and oxygen atoms in total. The number of rotatable bonds is 2. The molecule has 0 aromatic carbocycles. The maximum absolute atomic E-state index is 4.82. The van der Waals surface area contributed by atoms with Crippen molar-refractivity contribution in [1.82, 2.24) is 10.3 Å². The molecule has 0 spiro atoms. The van der Waals surface area contributed by atoms with Crippen molar-refractivity contribution in [3.8, 4) is 0 Å². The summed E-state index contributed by atoms with van der Waals surface area (Å²) < 4.78 is 0. The highest BCUT2D eigenvalue weighted by atomic mass is 32.1. The zero-order valence-electron chi connectivity index (χ0n) is 10.5. The predicted octanol–water partition coefficient (Wildman–Crippen LogP) is 2.52. The van der Waals surface area contributed by atoms with Gasteiger partial charge in [-0.15, -0.1) is 11.3 Å². The first-order chi connectivity index (χ1) is 8.34. The Morgan fingerprint density at radius 2 is 1.94 bits per heavy atom. The number of thiazole rings is 1. The van der Waals surface area contributed by atoms with Crippen molar-refractivity contribution < 1.29 is 0 Å². The van der Waals surface area contributed by atoms with Gasteiger partial charge in [-0.1, -0.05) is 12.8 Å². The van der Waals surface area contributed by atoms with E-state index >= 15 is 0 Å². The molecule has 2 aliphatic rings. The molecule has 94 valence electrons. The fraction of sp³-hybridized carbons (Fsp3) is 0.769. The Labute approximate surface area is 107 Å². The van der Waals surface area contributed by atoms with Crippen LogP contribution in [-0.4, -0.2) is 31.2 Å². The van der Waals surface area contributed by atoms with E-state index in [9.17, 15) is 0 Å². The molecular weight excluding hydrogens is 230 g/mol. The maximum Gasteiger partial charge on any atom is 0.114 e. The van der Waals surface area contributed by atoms with Crippen LogP contribution in [0.4, 0.5) is 5.00 Å². The number of hydrogen-bond acceptors (Lipinski definition) is 4. The molecule has 2 fully saturated rings. The van der Waals surface area contributed by atoms with Crippen LogP contribution in [-0.2, 0) is 0 Å². The zero-order valence-corrected chi connectivity index (χ0v) is 11.4. The maximum atomic E-state index is 4.82. The van der Waals surface area contributed by atoms with Gasteiger partial charge in [-0.05, 0) is 19.8 Å². The van der Waals surface area contributed by atoms with Crippen molar-refractivity contribution in [2.45, 2.75) is 38.5 Å². The van der Waals surface area contributed by atoms with E-state index in [1.54, 1.807) is 0 Å². The number of aromatic nitrogens is 1. The summed E-state index contributed by atoms with van der Waals surface area (Å²) in [5, 5.41) is 6.23. The summed E-state index contributed by atoms with van der Waals surface area (Å²) >= 11 is 1.95. The van der Waals surface area contributed by atoms with Gasteiger partial charge in [0.1, 0.15) is 5.00 Å². The molecule has 2 heterocycles. The number of aryl methyl sites for hydroxylation is 1.